The Morgan fingerprint density at radius 2 is 2.20 bits per heavy atom. The third kappa shape index (κ3) is 2.88. The molecule has 1 aromatic rings. The van der Waals surface area contributed by atoms with Crippen molar-refractivity contribution in [2.24, 2.45) is 5.73 Å². The Balaban J connectivity index is 2.18. The molecule has 1 fully saturated rings. The van der Waals surface area contributed by atoms with Crippen LogP contribution in [-0.4, -0.2) is 47.9 Å². The summed E-state index contributed by atoms with van der Waals surface area (Å²) in [6.45, 7) is 6.77. The summed E-state index contributed by atoms with van der Waals surface area (Å²) in [7, 11) is 1.87. The first-order chi connectivity index (χ1) is 9.46. The molecule has 0 aromatic carbocycles. The largest absolute Gasteiger partial charge is 0.343 e. The third-order valence-electron chi connectivity index (χ3n) is 3.77. The number of nitrogens with zero attached hydrogens (tertiary/aromatic N) is 2. The number of piperazine rings is 1. The normalized spacial score (nSPS) is 18.8. The van der Waals surface area contributed by atoms with Gasteiger partial charge >= 0.3 is 0 Å². The molecule has 108 valence electrons. The monoisotopic (exact) mass is 291 g/mol. The van der Waals surface area contributed by atoms with Gasteiger partial charge in [-0.25, -0.2) is 0 Å². The maximum Gasteiger partial charge on any atom is 0.242 e. The van der Waals surface area contributed by atoms with Crippen LogP contribution in [0.25, 0.3) is 0 Å². The van der Waals surface area contributed by atoms with E-state index in [2.05, 4.69) is 16.7 Å². The van der Waals surface area contributed by atoms with E-state index >= 15 is 0 Å². The molecule has 0 spiro atoms. The molecule has 0 saturated carbocycles. The van der Waals surface area contributed by atoms with Gasteiger partial charge in [-0.05, 0) is 25.3 Å². The van der Waals surface area contributed by atoms with Crippen molar-refractivity contribution in [2.75, 3.05) is 26.7 Å². The van der Waals surface area contributed by atoms with E-state index in [1.807, 2.05) is 32.3 Å². The van der Waals surface area contributed by atoms with Crippen LogP contribution in [0.2, 0.25) is 0 Å². The maximum atomic E-state index is 12.3. The first-order valence-corrected chi connectivity index (χ1v) is 7.60. The van der Waals surface area contributed by atoms with Crippen LogP contribution in [0.5, 0.6) is 0 Å². The highest BCUT2D eigenvalue weighted by molar-refractivity contribution is 7.10. The second kappa shape index (κ2) is 5.96. The molecular formula is C15H21N3OS. The van der Waals surface area contributed by atoms with Gasteiger partial charge in [0.05, 0.1) is 12.1 Å². The summed E-state index contributed by atoms with van der Waals surface area (Å²) in [5, 5.41) is 2.04. The van der Waals surface area contributed by atoms with Crippen LogP contribution >= 0.6 is 11.3 Å². The second-order valence-electron chi connectivity index (χ2n) is 5.47. The minimum Gasteiger partial charge on any atom is -0.343 e. The van der Waals surface area contributed by atoms with Gasteiger partial charge in [-0.3, -0.25) is 9.69 Å². The van der Waals surface area contributed by atoms with E-state index in [1.165, 1.54) is 4.88 Å². The Labute approximate surface area is 124 Å². The van der Waals surface area contributed by atoms with Crippen LogP contribution in [-0.2, 0) is 11.3 Å². The molecule has 1 aliphatic heterocycles. The molecule has 0 atom stereocenters. The van der Waals surface area contributed by atoms with Crippen LogP contribution in [0.4, 0.5) is 0 Å². The molecule has 5 heteroatoms. The Hall–Kier alpha value is -1.35. The molecule has 2 rings (SSSR count). The van der Waals surface area contributed by atoms with Crippen LogP contribution in [0.1, 0.15) is 24.3 Å². The first kappa shape index (κ1) is 15.0. The van der Waals surface area contributed by atoms with E-state index in [0.29, 0.717) is 6.54 Å². The van der Waals surface area contributed by atoms with Gasteiger partial charge in [0.15, 0.2) is 0 Å². The van der Waals surface area contributed by atoms with Crippen LogP contribution in [0, 0.1) is 11.8 Å². The zero-order valence-electron chi connectivity index (χ0n) is 12.3. The molecule has 0 radical (unpaired) electrons. The van der Waals surface area contributed by atoms with Crippen molar-refractivity contribution in [1.82, 2.24) is 9.80 Å². The zero-order valence-corrected chi connectivity index (χ0v) is 13.1. The molecule has 0 bridgehead atoms. The number of rotatable bonds is 2. The number of carbonyl (C=O) groups is 1. The smallest absolute Gasteiger partial charge is 0.242 e. The molecule has 1 saturated heterocycles. The zero-order chi connectivity index (χ0) is 14.8. The fraction of sp³-hybridized carbons (Fsp3) is 0.533. The summed E-state index contributed by atoms with van der Waals surface area (Å²) in [6.07, 6.45) is 0. The van der Waals surface area contributed by atoms with E-state index in [9.17, 15) is 4.79 Å². The fourth-order valence-electron chi connectivity index (χ4n) is 2.42. The van der Waals surface area contributed by atoms with E-state index < -0.39 is 5.54 Å². The van der Waals surface area contributed by atoms with Gasteiger partial charge in [0, 0.05) is 37.1 Å². The van der Waals surface area contributed by atoms with Crippen molar-refractivity contribution < 1.29 is 4.79 Å². The lowest BCUT2D eigenvalue weighted by molar-refractivity contribution is -0.147. The summed E-state index contributed by atoms with van der Waals surface area (Å²) < 4.78 is 0. The third-order valence-corrected chi connectivity index (χ3v) is 4.68. The van der Waals surface area contributed by atoms with Crippen molar-refractivity contribution >= 4 is 17.2 Å². The topological polar surface area (TPSA) is 49.6 Å². The summed E-state index contributed by atoms with van der Waals surface area (Å²) in [4.78, 5) is 17.5. The fourth-order valence-corrected chi connectivity index (χ4v) is 3.27. The Kier molecular flexibility index (Phi) is 4.48. The lowest BCUT2D eigenvalue weighted by Crippen LogP contribution is -2.61. The average Bonchev–Trinajstić information content (AvgIpc) is 2.85. The number of nitrogens with two attached hydrogens (primary N) is 1. The highest BCUT2D eigenvalue weighted by Gasteiger charge is 2.40. The molecule has 1 aliphatic rings. The summed E-state index contributed by atoms with van der Waals surface area (Å²) >= 11 is 1.69. The van der Waals surface area contributed by atoms with Gasteiger partial charge in [0.25, 0.3) is 0 Å². The summed E-state index contributed by atoms with van der Waals surface area (Å²) in [5.74, 6) is 6.17. The minimum atomic E-state index is -0.463. The Bertz CT molecular complexity index is 553. The average molecular weight is 291 g/mol. The number of hydrogen-bond acceptors (Lipinski definition) is 4. The van der Waals surface area contributed by atoms with E-state index in [4.69, 9.17) is 5.73 Å². The number of likely N-dealkylation sites (N-methyl/N-ethyl adjacent to an activating group) is 1. The first-order valence-electron chi connectivity index (χ1n) is 6.72. The SMILES string of the molecule is CN1CCN(Cc2sccc2C#CCN)C(C)(C)C1=O. The van der Waals surface area contributed by atoms with Gasteiger partial charge in [-0.15, -0.1) is 11.3 Å². The molecule has 20 heavy (non-hydrogen) atoms. The van der Waals surface area contributed by atoms with Gasteiger partial charge in [0.2, 0.25) is 5.91 Å². The van der Waals surface area contributed by atoms with Gasteiger partial charge in [-0.1, -0.05) is 11.8 Å². The Morgan fingerprint density at radius 3 is 2.90 bits per heavy atom. The van der Waals surface area contributed by atoms with Crippen LogP contribution in [0.3, 0.4) is 0 Å². The second-order valence-corrected chi connectivity index (χ2v) is 6.47. The quantitative estimate of drug-likeness (QED) is 0.831. The Morgan fingerprint density at radius 1 is 1.45 bits per heavy atom. The lowest BCUT2D eigenvalue weighted by Gasteiger charge is -2.44. The molecular weight excluding hydrogens is 270 g/mol. The predicted molar refractivity (Wildman–Crippen MR) is 82.4 cm³/mol. The number of hydrogen-bond donors (Lipinski definition) is 1. The van der Waals surface area contributed by atoms with Crippen molar-refractivity contribution in [3.8, 4) is 11.8 Å². The molecule has 2 heterocycles. The standard InChI is InChI=1S/C15H21N3OS/c1-15(2)14(19)17(3)8-9-18(15)11-13-12(5-4-7-16)6-10-20-13/h6,10H,7-9,11,16H2,1-3H3. The molecule has 2 N–H and O–H groups in total. The molecule has 4 nitrogen and oxygen atoms in total. The number of carbonyl (C=O) groups excluding carboxylic acids is 1. The van der Waals surface area contributed by atoms with Crippen molar-refractivity contribution in [3.05, 3.63) is 21.9 Å². The number of amides is 1. The van der Waals surface area contributed by atoms with E-state index in [0.717, 1.165) is 25.2 Å². The van der Waals surface area contributed by atoms with E-state index in [1.54, 1.807) is 16.2 Å². The number of thiophene rings is 1. The van der Waals surface area contributed by atoms with Gasteiger partial charge < -0.3 is 10.6 Å². The minimum absolute atomic E-state index is 0.176. The maximum absolute atomic E-state index is 12.3. The van der Waals surface area contributed by atoms with E-state index in [-0.39, 0.29) is 5.91 Å². The van der Waals surface area contributed by atoms with Crippen LogP contribution in [0.15, 0.2) is 11.4 Å². The molecule has 1 amide bonds. The molecule has 0 unspecified atom stereocenters. The highest BCUT2D eigenvalue weighted by atomic mass is 32.1. The summed E-state index contributed by atoms with van der Waals surface area (Å²) in [5.41, 5.74) is 5.99. The van der Waals surface area contributed by atoms with Gasteiger partial charge in [0.1, 0.15) is 0 Å². The van der Waals surface area contributed by atoms with Crippen LogP contribution < -0.4 is 5.73 Å². The predicted octanol–water partition coefficient (Wildman–Crippen LogP) is 1.11. The van der Waals surface area contributed by atoms with Gasteiger partial charge in [-0.2, -0.15) is 0 Å². The van der Waals surface area contributed by atoms with Crippen molar-refractivity contribution in [1.29, 1.82) is 0 Å². The molecule has 0 aliphatic carbocycles. The van der Waals surface area contributed by atoms with Crippen molar-refractivity contribution in [2.45, 2.75) is 25.9 Å². The molecule has 1 aromatic heterocycles. The summed E-state index contributed by atoms with van der Waals surface area (Å²) in [6, 6.07) is 2.02. The highest BCUT2D eigenvalue weighted by Crippen LogP contribution is 2.26. The lowest BCUT2D eigenvalue weighted by atomic mass is 9.97. The van der Waals surface area contributed by atoms with Crippen molar-refractivity contribution in [3.63, 3.8) is 0 Å².